The van der Waals surface area contributed by atoms with Gasteiger partial charge in [-0.25, -0.2) is 8.78 Å². The molecule has 2 aromatic carbocycles. The van der Waals surface area contributed by atoms with E-state index in [0.717, 1.165) is 12.1 Å². The summed E-state index contributed by atoms with van der Waals surface area (Å²) in [5.41, 5.74) is 0.487. The van der Waals surface area contributed by atoms with Crippen LogP contribution >= 0.6 is 0 Å². The summed E-state index contributed by atoms with van der Waals surface area (Å²) in [6.07, 6.45) is 0. The van der Waals surface area contributed by atoms with E-state index in [-0.39, 0.29) is 10.6 Å². The number of carbonyl (C=O) groups is 1. The predicted molar refractivity (Wildman–Crippen MR) is 74.5 cm³/mol. The van der Waals surface area contributed by atoms with Gasteiger partial charge < -0.3 is 5.11 Å². The molecule has 0 aliphatic carbocycles. The van der Waals surface area contributed by atoms with Crippen LogP contribution in [0.15, 0.2) is 53.4 Å². The van der Waals surface area contributed by atoms with Crippen molar-refractivity contribution in [3.63, 3.8) is 0 Å². The quantitative estimate of drug-likeness (QED) is 0.924. The molecule has 0 radical (unpaired) electrons. The maximum Gasteiger partial charge on any atom is 0.311 e. The third kappa shape index (κ3) is 3.72. The van der Waals surface area contributed by atoms with Gasteiger partial charge in [0, 0.05) is 11.8 Å². The highest BCUT2D eigenvalue weighted by molar-refractivity contribution is 7.85. The zero-order valence-corrected chi connectivity index (χ0v) is 11.6. The van der Waals surface area contributed by atoms with Gasteiger partial charge in [-0.15, -0.1) is 0 Å². The number of hydrogen-bond donors (Lipinski definition) is 1. The summed E-state index contributed by atoms with van der Waals surface area (Å²) in [7, 11) is -1.88. The highest BCUT2D eigenvalue weighted by atomic mass is 32.2. The monoisotopic (exact) mass is 310 g/mol. The molecule has 3 nitrogen and oxygen atoms in total. The maximum absolute atomic E-state index is 13.6. The van der Waals surface area contributed by atoms with Crippen molar-refractivity contribution in [2.75, 3.05) is 5.75 Å². The summed E-state index contributed by atoms with van der Waals surface area (Å²) in [5.74, 6) is -4.15. The fourth-order valence-electron chi connectivity index (χ4n) is 1.90. The van der Waals surface area contributed by atoms with Crippen molar-refractivity contribution in [3.05, 3.63) is 65.7 Å². The molecule has 2 rings (SSSR count). The van der Waals surface area contributed by atoms with Gasteiger partial charge in [0.1, 0.15) is 11.6 Å². The van der Waals surface area contributed by atoms with Gasteiger partial charge >= 0.3 is 5.97 Å². The van der Waals surface area contributed by atoms with Gasteiger partial charge in [-0.05, 0) is 17.7 Å². The van der Waals surface area contributed by atoms with E-state index in [9.17, 15) is 22.9 Å². The molecule has 0 fully saturated rings. The molecule has 2 aromatic rings. The van der Waals surface area contributed by atoms with E-state index in [0.29, 0.717) is 11.6 Å². The van der Waals surface area contributed by atoms with Gasteiger partial charge in [-0.3, -0.25) is 9.00 Å². The van der Waals surface area contributed by atoms with E-state index in [4.69, 9.17) is 0 Å². The molecule has 0 aromatic heterocycles. The minimum atomic E-state index is -1.88. The number of carboxylic acid groups (broad SMARTS) is 1. The first kappa shape index (κ1) is 15.3. The second-order valence-electron chi connectivity index (χ2n) is 4.39. The lowest BCUT2D eigenvalue weighted by atomic mass is 10.0. The first-order valence-corrected chi connectivity index (χ1v) is 7.42. The first-order valence-electron chi connectivity index (χ1n) is 6.10. The molecule has 6 heteroatoms. The summed E-state index contributed by atoms with van der Waals surface area (Å²) in [6, 6.07) is 11.0. The number of rotatable bonds is 5. The summed E-state index contributed by atoms with van der Waals surface area (Å²) < 4.78 is 38.6. The molecular formula is C15H12F2O3S. The molecule has 110 valence electrons. The Morgan fingerprint density at radius 3 is 2.38 bits per heavy atom. The molecule has 0 saturated carbocycles. The Hall–Kier alpha value is -2.08. The Labute approximate surface area is 122 Å². The molecule has 0 aliphatic heterocycles. The topological polar surface area (TPSA) is 54.4 Å². The molecule has 0 heterocycles. The van der Waals surface area contributed by atoms with Crippen molar-refractivity contribution < 1.29 is 22.9 Å². The minimum Gasteiger partial charge on any atom is -0.481 e. The number of benzene rings is 2. The van der Waals surface area contributed by atoms with E-state index in [1.807, 2.05) is 0 Å². The van der Waals surface area contributed by atoms with Crippen LogP contribution in [0.3, 0.4) is 0 Å². The summed E-state index contributed by atoms with van der Waals surface area (Å²) >= 11 is 0. The third-order valence-electron chi connectivity index (χ3n) is 2.96. The average molecular weight is 310 g/mol. The summed E-state index contributed by atoms with van der Waals surface area (Å²) in [6.45, 7) is 0. The minimum absolute atomic E-state index is 0.196. The van der Waals surface area contributed by atoms with Crippen LogP contribution in [0.1, 0.15) is 11.5 Å². The highest BCUT2D eigenvalue weighted by Crippen LogP contribution is 2.22. The fourth-order valence-corrected chi connectivity index (χ4v) is 3.21. The largest absolute Gasteiger partial charge is 0.481 e. The summed E-state index contributed by atoms with van der Waals surface area (Å²) in [4.78, 5) is 11.1. The molecule has 2 atom stereocenters. The van der Waals surface area contributed by atoms with Crippen molar-refractivity contribution >= 4 is 16.8 Å². The molecule has 0 saturated heterocycles. The molecule has 0 spiro atoms. The predicted octanol–water partition coefficient (Wildman–Crippen LogP) is 2.94. The Morgan fingerprint density at radius 2 is 1.81 bits per heavy atom. The first-order chi connectivity index (χ1) is 9.99. The Kier molecular flexibility index (Phi) is 4.80. The smallest absolute Gasteiger partial charge is 0.311 e. The van der Waals surface area contributed by atoms with Crippen LogP contribution in [0.5, 0.6) is 0 Å². The maximum atomic E-state index is 13.6. The summed E-state index contributed by atoms with van der Waals surface area (Å²) in [5, 5.41) is 9.25. The van der Waals surface area contributed by atoms with Gasteiger partial charge in [-0.2, -0.15) is 0 Å². The van der Waals surface area contributed by atoms with Gasteiger partial charge in [0.25, 0.3) is 0 Å². The Bertz CT molecular complexity index is 674. The number of hydrogen-bond acceptors (Lipinski definition) is 2. The number of carboxylic acids is 1. The van der Waals surface area contributed by atoms with Gasteiger partial charge in [-0.1, -0.05) is 30.3 Å². The fraction of sp³-hybridized carbons (Fsp3) is 0.133. The van der Waals surface area contributed by atoms with Gasteiger partial charge in [0.05, 0.1) is 21.6 Å². The Balaban J connectivity index is 2.25. The lowest BCUT2D eigenvalue weighted by Crippen LogP contribution is -2.19. The van der Waals surface area contributed by atoms with E-state index < -0.39 is 34.3 Å². The molecular weight excluding hydrogens is 298 g/mol. The van der Waals surface area contributed by atoms with Crippen LogP contribution in [0.4, 0.5) is 8.78 Å². The zero-order valence-electron chi connectivity index (χ0n) is 10.8. The van der Waals surface area contributed by atoms with Crippen LogP contribution in [0, 0.1) is 11.6 Å². The second kappa shape index (κ2) is 6.58. The zero-order chi connectivity index (χ0) is 15.4. The van der Waals surface area contributed by atoms with Gasteiger partial charge in [0.15, 0.2) is 0 Å². The van der Waals surface area contributed by atoms with Crippen molar-refractivity contribution in [3.8, 4) is 0 Å². The molecule has 0 aliphatic rings. The van der Waals surface area contributed by atoms with E-state index >= 15 is 0 Å². The van der Waals surface area contributed by atoms with Crippen molar-refractivity contribution in [1.82, 2.24) is 0 Å². The van der Waals surface area contributed by atoms with Crippen LogP contribution in [0.2, 0.25) is 0 Å². The standard InChI is InChI=1S/C15H12F2O3S/c16-11-6-7-14(13(17)8-11)21(20)9-12(15(18)19)10-4-2-1-3-5-10/h1-8,12H,9H2,(H,18,19). The normalized spacial score (nSPS) is 13.6. The lowest BCUT2D eigenvalue weighted by Gasteiger charge is -2.12. The lowest BCUT2D eigenvalue weighted by molar-refractivity contribution is -0.138. The van der Waals surface area contributed by atoms with Gasteiger partial charge in [0.2, 0.25) is 0 Å². The van der Waals surface area contributed by atoms with E-state index in [1.54, 1.807) is 30.3 Å². The SMILES string of the molecule is O=C(O)C(CS(=O)c1ccc(F)cc1F)c1ccccc1. The molecule has 0 bridgehead atoms. The molecule has 2 unspecified atom stereocenters. The molecule has 0 amide bonds. The van der Waals surface area contributed by atoms with Crippen molar-refractivity contribution in [2.24, 2.45) is 0 Å². The third-order valence-corrected chi connectivity index (χ3v) is 4.42. The molecule has 21 heavy (non-hydrogen) atoms. The average Bonchev–Trinajstić information content (AvgIpc) is 2.45. The van der Waals surface area contributed by atoms with Crippen LogP contribution in [0.25, 0.3) is 0 Å². The van der Waals surface area contributed by atoms with Crippen molar-refractivity contribution in [1.29, 1.82) is 0 Å². The highest BCUT2D eigenvalue weighted by Gasteiger charge is 2.24. The van der Waals surface area contributed by atoms with Crippen LogP contribution < -0.4 is 0 Å². The van der Waals surface area contributed by atoms with E-state index in [2.05, 4.69) is 0 Å². The van der Waals surface area contributed by atoms with Crippen LogP contribution in [-0.4, -0.2) is 21.0 Å². The van der Waals surface area contributed by atoms with Crippen LogP contribution in [-0.2, 0) is 15.6 Å². The van der Waals surface area contributed by atoms with E-state index in [1.165, 1.54) is 0 Å². The number of aliphatic carboxylic acids is 1. The molecule has 1 N–H and O–H groups in total. The second-order valence-corrected chi connectivity index (χ2v) is 5.85. The number of halogens is 2. The Morgan fingerprint density at radius 1 is 1.14 bits per heavy atom. The van der Waals surface area contributed by atoms with Crippen molar-refractivity contribution in [2.45, 2.75) is 10.8 Å².